The number of fused-ring (bicyclic) bond motifs is 2. The molecule has 4 aliphatic rings. The summed E-state index contributed by atoms with van der Waals surface area (Å²) in [5.74, 6) is 4.96. The molecule has 4 aliphatic carbocycles. The average Bonchev–Trinajstić information content (AvgIpc) is 3.63. The lowest BCUT2D eigenvalue weighted by Gasteiger charge is -2.43. The zero-order valence-electron chi connectivity index (χ0n) is 29.1. The van der Waals surface area contributed by atoms with Crippen molar-refractivity contribution >= 4 is 5.78 Å². The molecule has 0 bridgehead atoms. The van der Waals surface area contributed by atoms with E-state index in [1.165, 1.54) is 54.4 Å². The molecule has 250 valence electrons. The Kier molecular flexibility index (Phi) is 9.36. The summed E-state index contributed by atoms with van der Waals surface area (Å²) in [4.78, 5) is 13.0. The van der Waals surface area contributed by atoms with Crippen LogP contribution >= 0.6 is 0 Å². The molecule has 4 nitrogen and oxygen atoms in total. The number of hydrogen-bond acceptors (Lipinski definition) is 4. The standard InChI is InChI=1S/C22H26O3.C22H24O/c1-24-20-10-3-6-16(14-20)12-18-8-5-9-19(22(18)23)13-17-7-4-11-21(15-17)25-2;1-14-6-8-20-15(10-14)11-17-4-3-5-18-12-16-13-19(23-2)7-9-21(16)22(17,18)20/h3-4,6-7,10-11,14-15,18-19H,5,8-9,12-13H2,1-2H3;6-10,13,17-18H,3-5,11-12H2,1-2H3/t18-,19-;17-,18-,22-/m00/s1. The van der Waals surface area contributed by atoms with Crippen molar-refractivity contribution in [3.05, 3.63) is 124 Å². The number of aryl methyl sites for hydroxylation is 1. The smallest absolute Gasteiger partial charge is 0.139 e. The Bertz CT molecular complexity index is 1710. The predicted molar refractivity (Wildman–Crippen MR) is 192 cm³/mol. The first-order valence-electron chi connectivity index (χ1n) is 18.0. The van der Waals surface area contributed by atoms with Crippen molar-refractivity contribution in [3.8, 4) is 17.2 Å². The number of hydrogen-bond donors (Lipinski definition) is 0. The molecule has 2 fully saturated rings. The molecule has 0 aliphatic heterocycles. The van der Waals surface area contributed by atoms with Crippen LogP contribution in [0.4, 0.5) is 0 Å². The number of carbonyl (C=O) groups is 1. The molecule has 0 N–H and O–H groups in total. The summed E-state index contributed by atoms with van der Waals surface area (Å²) in [5.41, 5.74) is 10.5. The lowest BCUT2D eigenvalue weighted by Crippen LogP contribution is -2.40. The van der Waals surface area contributed by atoms with Gasteiger partial charge < -0.3 is 14.2 Å². The molecule has 48 heavy (non-hydrogen) atoms. The number of benzene rings is 4. The molecule has 2 saturated carbocycles. The number of carbonyl (C=O) groups excluding carboxylic acids is 1. The molecule has 5 atom stereocenters. The molecule has 1 spiro atoms. The summed E-state index contributed by atoms with van der Waals surface area (Å²) >= 11 is 0. The lowest BCUT2D eigenvalue weighted by molar-refractivity contribution is -0.129. The summed E-state index contributed by atoms with van der Waals surface area (Å²) in [5, 5.41) is 0. The summed E-state index contributed by atoms with van der Waals surface area (Å²) in [7, 11) is 5.13. The molecule has 0 unspecified atom stereocenters. The van der Waals surface area contributed by atoms with Crippen molar-refractivity contribution < 1.29 is 19.0 Å². The Labute approximate surface area is 286 Å². The van der Waals surface area contributed by atoms with Gasteiger partial charge in [-0.25, -0.2) is 0 Å². The molecule has 0 aromatic heterocycles. The first kappa shape index (κ1) is 32.5. The summed E-state index contributed by atoms with van der Waals surface area (Å²) in [6, 6.07) is 30.2. The minimum absolute atomic E-state index is 0.122. The highest BCUT2D eigenvalue weighted by molar-refractivity contribution is 5.84. The fraction of sp³-hybridized carbons (Fsp3) is 0.432. The zero-order valence-corrected chi connectivity index (χ0v) is 29.1. The number of ether oxygens (including phenoxy) is 3. The maximum atomic E-state index is 13.0. The van der Waals surface area contributed by atoms with Gasteiger partial charge in [0.25, 0.3) is 0 Å². The van der Waals surface area contributed by atoms with Gasteiger partial charge in [-0.2, -0.15) is 0 Å². The first-order valence-corrected chi connectivity index (χ1v) is 18.0. The SMILES string of the molecule is COc1ccc2c(c1)C[C@@H]1CCC[C@H]3Cc4cc(C)ccc4[C@]231.COc1cccc(C[C@@H]2CCC[C@@H](Cc3cccc(OC)c3)C2=O)c1. The quantitative estimate of drug-likeness (QED) is 0.202. The van der Waals surface area contributed by atoms with E-state index in [9.17, 15) is 4.79 Å². The molecule has 0 radical (unpaired) electrons. The number of Topliss-reactive ketones (excluding diaryl/α,β-unsaturated/α-hetero) is 1. The van der Waals surface area contributed by atoms with Crippen molar-refractivity contribution in [3.63, 3.8) is 0 Å². The second-order valence-electron chi connectivity index (χ2n) is 14.6. The van der Waals surface area contributed by atoms with Crippen LogP contribution in [0, 0.1) is 30.6 Å². The molecular formula is C44H50O4. The van der Waals surface area contributed by atoms with Crippen molar-refractivity contribution in [2.24, 2.45) is 23.7 Å². The fourth-order valence-corrected chi connectivity index (χ4v) is 9.85. The average molecular weight is 643 g/mol. The van der Waals surface area contributed by atoms with Crippen molar-refractivity contribution in [2.75, 3.05) is 21.3 Å². The number of ketones is 1. The largest absolute Gasteiger partial charge is 0.497 e. The topological polar surface area (TPSA) is 44.8 Å². The van der Waals surface area contributed by atoms with Gasteiger partial charge in [-0.3, -0.25) is 4.79 Å². The summed E-state index contributed by atoms with van der Waals surface area (Å²) in [6.07, 6.45) is 11.4. The summed E-state index contributed by atoms with van der Waals surface area (Å²) < 4.78 is 16.1. The second-order valence-corrected chi connectivity index (χ2v) is 14.6. The van der Waals surface area contributed by atoms with Crippen LogP contribution in [-0.2, 0) is 35.9 Å². The Hall–Kier alpha value is -4.05. The van der Waals surface area contributed by atoms with Gasteiger partial charge in [-0.05, 0) is 140 Å². The third kappa shape index (κ3) is 6.04. The number of methoxy groups -OCH3 is 3. The van der Waals surface area contributed by atoms with Gasteiger partial charge in [0.2, 0.25) is 0 Å². The van der Waals surface area contributed by atoms with Crippen LogP contribution in [0.2, 0.25) is 0 Å². The molecule has 4 aromatic carbocycles. The van der Waals surface area contributed by atoms with Gasteiger partial charge >= 0.3 is 0 Å². The van der Waals surface area contributed by atoms with E-state index in [0.29, 0.717) is 11.2 Å². The van der Waals surface area contributed by atoms with E-state index in [1.807, 2.05) is 36.4 Å². The maximum Gasteiger partial charge on any atom is 0.139 e. The van der Waals surface area contributed by atoms with Gasteiger partial charge in [0.05, 0.1) is 21.3 Å². The van der Waals surface area contributed by atoms with Gasteiger partial charge in [-0.15, -0.1) is 0 Å². The molecule has 8 rings (SSSR count). The van der Waals surface area contributed by atoms with Crippen LogP contribution in [0.25, 0.3) is 0 Å². The van der Waals surface area contributed by atoms with Crippen LogP contribution in [0.15, 0.2) is 84.9 Å². The van der Waals surface area contributed by atoms with Crippen LogP contribution in [0.1, 0.15) is 77.5 Å². The molecule has 4 aromatic rings. The fourth-order valence-electron chi connectivity index (χ4n) is 9.85. The highest BCUT2D eigenvalue weighted by atomic mass is 16.5. The van der Waals surface area contributed by atoms with E-state index in [1.54, 1.807) is 38.0 Å². The van der Waals surface area contributed by atoms with E-state index in [-0.39, 0.29) is 11.8 Å². The minimum atomic E-state index is 0.122. The third-order valence-electron chi connectivity index (χ3n) is 11.9. The van der Waals surface area contributed by atoms with Gasteiger partial charge in [0.1, 0.15) is 23.0 Å². The highest BCUT2D eigenvalue weighted by Crippen LogP contribution is 2.63. The van der Waals surface area contributed by atoms with Gasteiger partial charge in [0, 0.05) is 17.3 Å². The molecular weight excluding hydrogens is 592 g/mol. The normalized spacial score (nSPS) is 25.1. The predicted octanol–water partition coefficient (Wildman–Crippen LogP) is 9.29. The van der Waals surface area contributed by atoms with Crippen LogP contribution in [0.5, 0.6) is 17.2 Å². The monoisotopic (exact) mass is 642 g/mol. The Morgan fingerprint density at radius 2 is 1.10 bits per heavy atom. The maximum absolute atomic E-state index is 13.0. The van der Waals surface area contributed by atoms with E-state index in [4.69, 9.17) is 14.2 Å². The van der Waals surface area contributed by atoms with Crippen LogP contribution in [-0.4, -0.2) is 27.1 Å². The Balaban J connectivity index is 0.000000152. The molecule has 0 heterocycles. The van der Waals surface area contributed by atoms with E-state index >= 15 is 0 Å². The molecule has 4 heteroatoms. The first-order chi connectivity index (χ1) is 23.4. The van der Waals surface area contributed by atoms with Crippen molar-refractivity contribution in [1.82, 2.24) is 0 Å². The van der Waals surface area contributed by atoms with Crippen LogP contribution < -0.4 is 14.2 Å². The molecule has 0 amide bonds. The Morgan fingerprint density at radius 3 is 1.67 bits per heavy atom. The zero-order chi connectivity index (χ0) is 33.3. The van der Waals surface area contributed by atoms with Crippen molar-refractivity contribution in [1.29, 1.82) is 0 Å². The van der Waals surface area contributed by atoms with Crippen LogP contribution in [0.3, 0.4) is 0 Å². The highest BCUT2D eigenvalue weighted by Gasteiger charge is 2.57. The number of rotatable bonds is 7. The second kappa shape index (κ2) is 13.8. The van der Waals surface area contributed by atoms with Gasteiger partial charge in [-0.1, -0.05) is 66.9 Å². The third-order valence-corrected chi connectivity index (χ3v) is 11.9. The Morgan fingerprint density at radius 1 is 0.604 bits per heavy atom. The van der Waals surface area contributed by atoms with E-state index < -0.39 is 0 Å². The molecule has 0 saturated heterocycles. The van der Waals surface area contributed by atoms with E-state index in [0.717, 1.165) is 61.2 Å². The van der Waals surface area contributed by atoms with E-state index in [2.05, 4.69) is 55.5 Å². The minimum Gasteiger partial charge on any atom is -0.497 e. The summed E-state index contributed by atoms with van der Waals surface area (Å²) in [6.45, 7) is 2.23. The lowest BCUT2D eigenvalue weighted by atomic mass is 9.59. The van der Waals surface area contributed by atoms with Gasteiger partial charge in [0.15, 0.2) is 0 Å². The van der Waals surface area contributed by atoms with Crippen molar-refractivity contribution in [2.45, 2.75) is 76.5 Å².